The van der Waals surface area contributed by atoms with Gasteiger partial charge in [0.25, 0.3) is 5.91 Å². The average Bonchev–Trinajstić information content (AvgIpc) is 3.49. The average molecular weight is 434 g/mol. The summed E-state index contributed by atoms with van der Waals surface area (Å²) < 4.78 is 3.61. The van der Waals surface area contributed by atoms with Gasteiger partial charge in [-0.05, 0) is 32.5 Å². The summed E-state index contributed by atoms with van der Waals surface area (Å²) in [6.45, 7) is 3.83. The summed E-state index contributed by atoms with van der Waals surface area (Å²) in [5, 5.41) is 14.9. The van der Waals surface area contributed by atoms with Gasteiger partial charge < -0.3 is 25.3 Å². The molecule has 1 atom stereocenters. The molecule has 0 aliphatic carbocycles. The van der Waals surface area contributed by atoms with Crippen LogP contribution in [0.4, 0.5) is 17.3 Å². The van der Waals surface area contributed by atoms with Gasteiger partial charge in [-0.3, -0.25) is 9.48 Å². The second kappa shape index (κ2) is 7.79. The molecule has 4 aromatic rings. The van der Waals surface area contributed by atoms with Gasteiger partial charge in [-0.2, -0.15) is 5.10 Å². The predicted molar refractivity (Wildman–Crippen MR) is 126 cm³/mol. The van der Waals surface area contributed by atoms with Crippen molar-refractivity contribution in [2.24, 2.45) is 7.05 Å². The van der Waals surface area contributed by atoms with Gasteiger partial charge in [0, 0.05) is 56.7 Å². The topological polar surface area (TPSA) is 104 Å². The lowest BCUT2D eigenvalue weighted by Crippen LogP contribution is -2.29. The number of rotatable bonds is 5. The van der Waals surface area contributed by atoms with Crippen LogP contribution in [0.25, 0.3) is 16.6 Å². The standard InChI is InChI=1S/C22H27N9O/c1-13-9-31-12-18(26-20(24-3)21(31)25-13)27-22(32)15-5-6-17(16-11-29(4)28-19(15)16)30-8-7-14(10-30)23-2/h5-6,9,11-12,14,23H,7-8,10H2,1-4H3,(H,24,26)(H,27,32)/t14-/m0/s1. The molecular formula is C22H27N9O. The molecule has 1 saturated heterocycles. The Kier molecular flexibility index (Phi) is 4.93. The van der Waals surface area contributed by atoms with E-state index < -0.39 is 0 Å². The molecule has 32 heavy (non-hydrogen) atoms. The van der Waals surface area contributed by atoms with Crippen molar-refractivity contribution in [2.45, 2.75) is 19.4 Å². The SMILES string of the molecule is CNc1nc(NC(=O)c2ccc(N3CC[C@H](NC)C3)c3cn(C)nc23)cn2cc(C)nc12. The van der Waals surface area contributed by atoms with Crippen LogP contribution in [0.2, 0.25) is 0 Å². The highest BCUT2D eigenvalue weighted by atomic mass is 16.1. The van der Waals surface area contributed by atoms with Crippen molar-refractivity contribution in [1.29, 1.82) is 0 Å². The van der Waals surface area contributed by atoms with E-state index in [0.717, 1.165) is 36.3 Å². The van der Waals surface area contributed by atoms with E-state index in [9.17, 15) is 4.79 Å². The highest BCUT2D eigenvalue weighted by Gasteiger charge is 2.25. The molecule has 0 bridgehead atoms. The molecule has 10 nitrogen and oxygen atoms in total. The highest BCUT2D eigenvalue weighted by molar-refractivity contribution is 6.13. The lowest BCUT2D eigenvalue weighted by atomic mass is 10.1. The molecule has 0 radical (unpaired) electrons. The number of nitrogens with one attached hydrogen (secondary N) is 3. The second-order valence-electron chi connectivity index (χ2n) is 8.21. The number of aryl methyl sites for hydroxylation is 2. The Morgan fingerprint density at radius 3 is 2.75 bits per heavy atom. The fraction of sp³-hybridized carbons (Fsp3) is 0.364. The number of nitrogens with zero attached hydrogens (tertiary/aromatic N) is 6. The maximum atomic E-state index is 13.2. The van der Waals surface area contributed by atoms with Crippen LogP contribution in [0, 0.1) is 6.92 Å². The van der Waals surface area contributed by atoms with Gasteiger partial charge in [-0.15, -0.1) is 0 Å². The van der Waals surface area contributed by atoms with Gasteiger partial charge in [0.2, 0.25) is 0 Å². The van der Waals surface area contributed by atoms with Crippen LogP contribution in [0.1, 0.15) is 22.5 Å². The first kappa shape index (κ1) is 20.3. The van der Waals surface area contributed by atoms with Crippen LogP contribution >= 0.6 is 0 Å². The lowest BCUT2D eigenvalue weighted by molar-refractivity contribution is 0.102. The zero-order valence-corrected chi connectivity index (χ0v) is 18.7. The Balaban J connectivity index is 1.49. The van der Waals surface area contributed by atoms with Gasteiger partial charge in [0.1, 0.15) is 5.52 Å². The summed E-state index contributed by atoms with van der Waals surface area (Å²) in [6.07, 6.45) is 6.73. The number of carbonyl (C=O) groups excluding carboxylic acids is 1. The Morgan fingerprint density at radius 2 is 2.00 bits per heavy atom. The quantitative estimate of drug-likeness (QED) is 0.442. The minimum absolute atomic E-state index is 0.250. The summed E-state index contributed by atoms with van der Waals surface area (Å²) >= 11 is 0. The van der Waals surface area contributed by atoms with Gasteiger partial charge in [0.05, 0.1) is 17.5 Å². The van der Waals surface area contributed by atoms with Crippen LogP contribution < -0.4 is 20.9 Å². The molecule has 3 N–H and O–H groups in total. The van der Waals surface area contributed by atoms with Gasteiger partial charge in [0.15, 0.2) is 17.3 Å². The van der Waals surface area contributed by atoms with Gasteiger partial charge in [-0.25, -0.2) is 9.97 Å². The van der Waals surface area contributed by atoms with Crippen molar-refractivity contribution in [3.63, 3.8) is 0 Å². The number of benzene rings is 1. The molecule has 1 aliphatic heterocycles. The number of hydrogen-bond donors (Lipinski definition) is 3. The Morgan fingerprint density at radius 1 is 1.16 bits per heavy atom. The van der Waals surface area contributed by atoms with Crippen molar-refractivity contribution in [3.8, 4) is 0 Å². The number of imidazole rings is 1. The van der Waals surface area contributed by atoms with Crippen LogP contribution in [0.15, 0.2) is 30.7 Å². The Bertz CT molecular complexity index is 1320. The predicted octanol–water partition coefficient (Wildman–Crippen LogP) is 2.02. The third kappa shape index (κ3) is 3.42. The molecule has 1 fully saturated rings. The normalized spacial score (nSPS) is 16.2. The fourth-order valence-electron chi connectivity index (χ4n) is 4.41. The molecule has 1 aromatic carbocycles. The van der Waals surface area contributed by atoms with Crippen molar-refractivity contribution in [2.75, 3.05) is 42.7 Å². The molecule has 0 saturated carbocycles. The molecule has 1 aliphatic rings. The van der Waals surface area contributed by atoms with Crippen LogP contribution in [-0.4, -0.2) is 63.3 Å². The van der Waals surface area contributed by atoms with Gasteiger partial charge in [-0.1, -0.05) is 0 Å². The van der Waals surface area contributed by atoms with E-state index in [1.807, 2.05) is 49.9 Å². The first-order valence-electron chi connectivity index (χ1n) is 10.7. The molecule has 10 heteroatoms. The molecule has 3 aromatic heterocycles. The third-order valence-electron chi connectivity index (χ3n) is 5.99. The van der Waals surface area contributed by atoms with E-state index in [1.54, 1.807) is 17.9 Å². The number of hydrogen-bond acceptors (Lipinski definition) is 7. The Labute approximate surface area is 185 Å². The number of carbonyl (C=O) groups is 1. The summed E-state index contributed by atoms with van der Waals surface area (Å²) in [5.74, 6) is 0.789. The van der Waals surface area contributed by atoms with Gasteiger partial charge >= 0.3 is 0 Å². The van der Waals surface area contributed by atoms with E-state index in [4.69, 9.17) is 0 Å². The Hall–Kier alpha value is -3.66. The third-order valence-corrected chi connectivity index (χ3v) is 5.99. The smallest absolute Gasteiger partial charge is 0.259 e. The molecule has 4 heterocycles. The number of likely N-dealkylation sites (N-methyl/N-ethyl adjacent to an activating group) is 1. The summed E-state index contributed by atoms with van der Waals surface area (Å²) in [5.41, 5.74) is 3.89. The van der Waals surface area contributed by atoms with Crippen molar-refractivity contribution >= 4 is 39.8 Å². The largest absolute Gasteiger partial charge is 0.370 e. The minimum Gasteiger partial charge on any atom is -0.370 e. The van der Waals surface area contributed by atoms with E-state index in [1.165, 1.54) is 0 Å². The number of anilines is 3. The van der Waals surface area contributed by atoms with Crippen molar-refractivity contribution < 1.29 is 4.79 Å². The zero-order valence-electron chi connectivity index (χ0n) is 18.7. The summed E-state index contributed by atoms with van der Waals surface area (Å²) in [7, 11) is 5.66. The molecule has 0 spiro atoms. The molecule has 0 unspecified atom stereocenters. The molecule has 1 amide bonds. The maximum absolute atomic E-state index is 13.2. The van der Waals surface area contributed by atoms with Crippen LogP contribution in [-0.2, 0) is 7.05 Å². The second-order valence-corrected chi connectivity index (χ2v) is 8.21. The van der Waals surface area contributed by atoms with E-state index in [-0.39, 0.29) is 5.91 Å². The van der Waals surface area contributed by atoms with E-state index >= 15 is 0 Å². The van der Waals surface area contributed by atoms with Crippen LogP contribution in [0.5, 0.6) is 0 Å². The van der Waals surface area contributed by atoms with E-state index in [2.05, 4.69) is 35.9 Å². The van der Waals surface area contributed by atoms with E-state index in [0.29, 0.717) is 34.4 Å². The fourth-order valence-corrected chi connectivity index (χ4v) is 4.41. The molecular weight excluding hydrogens is 406 g/mol. The highest BCUT2D eigenvalue weighted by Crippen LogP contribution is 2.31. The van der Waals surface area contributed by atoms with Crippen LogP contribution in [0.3, 0.4) is 0 Å². The first-order chi connectivity index (χ1) is 15.5. The maximum Gasteiger partial charge on any atom is 0.259 e. The molecule has 5 rings (SSSR count). The monoisotopic (exact) mass is 433 g/mol. The van der Waals surface area contributed by atoms with Crippen molar-refractivity contribution in [1.82, 2.24) is 29.5 Å². The minimum atomic E-state index is -0.250. The number of amides is 1. The summed E-state index contributed by atoms with van der Waals surface area (Å²) in [4.78, 5) is 24.6. The summed E-state index contributed by atoms with van der Waals surface area (Å²) in [6, 6.07) is 4.34. The molecule has 166 valence electrons. The lowest BCUT2D eigenvalue weighted by Gasteiger charge is -2.20. The number of fused-ring (bicyclic) bond motifs is 2. The zero-order chi connectivity index (χ0) is 22.4. The first-order valence-corrected chi connectivity index (χ1v) is 10.7. The van der Waals surface area contributed by atoms with Crippen molar-refractivity contribution in [3.05, 3.63) is 42.0 Å². The number of aromatic nitrogens is 5.